The summed E-state index contributed by atoms with van der Waals surface area (Å²) in [6.07, 6.45) is 0.622. The molecule has 0 N–H and O–H groups in total. The molecule has 0 aliphatic heterocycles. The van der Waals surface area contributed by atoms with Gasteiger partial charge in [0.25, 0.3) is 11.5 Å². The van der Waals surface area contributed by atoms with Gasteiger partial charge in [-0.25, -0.2) is 4.98 Å². The molecule has 180 valence electrons. The molecule has 4 rings (SSSR count). The van der Waals surface area contributed by atoms with Crippen LogP contribution in [0.25, 0.3) is 10.9 Å². The summed E-state index contributed by atoms with van der Waals surface area (Å²) < 4.78 is 1.59. The van der Waals surface area contributed by atoms with E-state index < -0.39 is 0 Å². The van der Waals surface area contributed by atoms with E-state index in [1.165, 1.54) is 5.56 Å². The summed E-state index contributed by atoms with van der Waals surface area (Å²) >= 11 is 0. The van der Waals surface area contributed by atoms with Gasteiger partial charge < -0.3 is 4.90 Å². The van der Waals surface area contributed by atoms with E-state index in [4.69, 9.17) is 4.98 Å². The molecule has 1 aromatic heterocycles. The van der Waals surface area contributed by atoms with Gasteiger partial charge in [-0.1, -0.05) is 82.3 Å². The monoisotopic (exact) mass is 467 g/mol. The second kappa shape index (κ2) is 9.87. The Balaban J connectivity index is 1.81. The van der Waals surface area contributed by atoms with Crippen LogP contribution in [0.2, 0.25) is 0 Å². The van der Waals surface area contributed by atoms with Crippen molar-refractivity contribution in [3.8, 4) is 0 Å². The third-order valence-electron chi connectivity index (χ3n) is 6.53. The van der Waals surface area contributed by atoms with Crippen LogP contribution in [0.15, 0.2) is 83.7 Å². The van der Waals surface area contributed by atoms with Gasteiger partial charge in [-0.2, -0.15) is 0 Å². The molecule has 1 atom stereocenters. The number of benzene rings is 3. The molecule has 5 nitrogen and oxygen atoms in total. The Kier molecular flexibility index (Phi) is 6.88. The lowest BCUT2D eigenvalue weighted by atomic mass is 9.86. The highest BCUT2D eigenvalue weighted by atomic mass is 16.2. The summed E-state index contributed by atoms with van der Waals surface area (Å²) in [6, 6.07) is 24.8. The zero-order chi connectivity index (χ0) is 25.2. The first kappa shape index (κ1) is 24.4. The van der Waals surface area contributed by atoms with E-state index in [1.54, 1.807) is 17.7 Å². The van der Waals surface area contributed by atoms with Gasteiger partial charge in [0.2, 0.25) is 0 Å². The smallest absolute Gasteiger partial charge is 0.261 e. The Hall–Kier alpha value is -3.73. The molecule has 1 amide bonds. The number of nitrogens with zero attached hydrogens (tertiary/aromatic N) is 3. The maximum absolute atomic E-state index is 14.0. The summed E-state index contributed by atoms with van der Waals surface area (Å²) in [5.41, 5.74) is 3.37. The van der Waals surface area contributed by atoms with Crippen LogP contribution in [0, 0.1) is 0 Å². The molecule has 0 aliphatic rings. The summed E-state index contributed by atoms with van der Waals surface area (Å²) in [7, 11) is 1.74. The van der Waals surface area contributed by atoms with Gasteiger partial charge in [0.05, 0.1) is 16.9 Å². The SMILES string of the molecule is CCC(c1nc2ccccc2c(=O)n1C)N(Cc1ccccc1)C(=O)c1ccc(C(C)(C)C)cc1. The Morgan fingerprint density at radius 2 is 1.57 bits per heavy atom. The van der Waals surface area contributed by atoms with E-state index in [9.17, 15) is 9.59 Å². The number of para-hydroxylation sites is 1. The highest BCUT2D eigenvalue weighted by Crippen LogP contribution is 2.28. The highest BCUT2D eigenvalue weighted by Gasteiger charge is 2.29. The third-order valence-corrected chi connectivity index (χ3v) is 6.53. The number of carbonyl (C=O) groups excluding carboxylic acids is 1. The van der Waals surface area contributed by atoms with Gasteiger partial charge >= 0.3 is 0 Å². The zero-order valence-corrected chi connectivity index (χ0v) is 21.2. The van der Waals surface area contributed by atoms with E-state index in [2.05, 4.69) is 20.8 Å². The first-order valence-electron chi connectivity index (χ1n) is 12.1. The van der Waals surface area contributed by atoms with Crippen LogP contribution in [-0.2, 0) is 19.0 Å². The lowest BCUT2D eigenvalue weighted by Crippen LogP contribution is -2.38. The van der Waals surface area contributed by atoms with E-state index >= 15 is 0 Å². The fourth-order valence-corrected chi connectivity index (χ4v) is 4.46. The van der Waals surface area contributed by atoms with Crippen molar-refractivity contribution in [1.82, 2.24) is 14.5 Å². The van der Waals surface area contributed by atoms with Crippen LogP contribution in [0.4, 0.5) is 0 Å². The number of hydrogen-bond acceptors (Lipinski definition) is 3. The van der Waals surface area contributed by atoms with Crippen LogP contribution >= 0.6 is 0 Å². The Bertz CT molecular complexity index is 1380. The Morgan fingerprint density at radius 1 is 0.943 bits per heavy atom. The fourth-order valence-electron chi connectivity index (χ4n) is 4.46. The van der Waals surface area contributed by atoms with Crippen LogP contribution in [-0.4, -0.2) is 20.4 Å². The third kappa shape index (κ3) is 5.04. The first-order valence-corrected chi connectivity index (χ1v) is 12.1. The van der Waals surface area contributed by atoms with Crippen LogP contribution in [0.3, 0.4) is 0 Å². The minimum Gasteiger partial charge on any atom is -0.324 e. The quantitative estimate of drug-likeness (QED) is 0.348. The number of amides is 1. The average Bonchev–Trinajstić information content (AvgIpc) is 2.86. The van der Waals surface area contributed by atoms with Gasteiger partial charge in [-0.15, -0.1) is 0 Å². The predicted molar refractivity (Wildman–Crippen MR) is 141 cm³/mol. The molecular weight excluding hydrogens is 434 g/mol. The second-order valence-corrected chi connectivity index (χ2v) is 10.0. The van der Waals surface area contributed by atoms with Crippen molar-refractivity contribution in [1.29, 1.82) is 0 Å². The first-order chi connectivity index (χ1) is 16.7. The van der Waals surface area contributed by atoms with Gasteiger partial charge in [-0.05, 0) is 47.2 Å². The molecule has 5 heteroatoms. The van der Waals surface area contributed by atoms with E-state index in [0.29, 0.717) is 35.3 Å². The molecule has 1 heterocycles. The summed E-state index contributed by atoms with van der Waals surface area (Å²) in [4.78, 5) is 33.8. The van der Waals surface area contributed by atoms with E-state index in [1.807, 2.05) is 84.6 Å². The molecule has 1 unspecified atom stereocenters. The van der Waals surface area contributed by atoms with Gasteiger partial charge in [0, 0.05) is 19.2 Å². The van der Waals surface area contributed by atoms with Crippen molar-refractivity contribution in [3.63, 3.8) is 0 Å². The van der Waals surface area contributed by atoms with Crippen molar-refractivity contribution < 1.29 is 4.79 Å². The minimum atomic E-state index is -0.368. The summed E-state index contributed by atoms with van der Waals surface area (Å²) in [5, 5.41) is 0.576. The van der Waals surface area contributed by atoms with Gasteiger partial charge in [-0.3, -0.25) is 14.2 Å². The topological polar surface area (TPSA) is 55.2 Å². The van der Waals surface area contributed by atoms with Gasteiger partial charge in [0.15, 0.2) is 0 Å². The van der Waals surface area contributed by atoms with Crippen molar-refractivity contribution in [2.45, 2.75) is 52.1 Å². The number of fused-ring (bicyclic) bond motifs is 1. The van der Waals surface area contributed by atoms with Crippen molar-refractivity contribution >= 4 is 16.8 Å². The number of rotatable bonds is 6. The Morgan fingerprint density at radius 3 is 2.20 bits per heavy atom. The summed E-state index contributed by atoms with van der Waals surface area (Å²) in [6.45, 7) is 8.92. The molecule has 0 spiro atoms. The molecule has 35 heavy (non-hydrogen) atoms. The lowest BCUT2D eigenvalue weighted by molar-refractivity contribution is 0.0639. The van der Waals surface area contributed by atoms with Crippen LogP contribution in [0.5, 0.6) is 0 Å². The average molecular weight is 468 g/mol. The maximum atomic E-state index is 14.0. The fraction of sp³-hybridized carbons (Fsp3) is 0.300. The Labute approximate surface area is 207 Å². The van der Waals surface area contributed by atoms with Gasteiger partial charge in [0.1, 0.15) is 5.82 Å². The molecule has 0 aliphatic carbocycles. The van der Waals surface area contributed by atoms with Crippen molar-refractivity contribution in [2.24, 2.45) is 7.05 Å². The van der Waals surface area contributed by atoms with Crippen LogP contribution in [0.1, 0.15) is 67.5 Å². The van der Waals surface area contributed by atoms with E-state index in [-0.39, 0.29) is 22.9 Å². The maximum Gasteiger partial charge on any atom is 0.261 e. The molecular formula is C30H33N3O2. The predicted octanol–water partition coefficient (Wildman–Crippen LogP) is 6.02. The molecule has 0 bridgehead atoms. The van der Waals surface area contributed by atoms with E-state index in [0.717, 1.165) is 5.56 Å². The molecule has 3 aromatic carbocycles. The van der Waals surface area contributed by atoms with Crippen molar-refractivity contribution in [3.05, 3.63) is 112 Å². The highest BCUT2D eigenvalue weighted by molar-refractivity contribution is 5.94. The normalized spacial score (nSPS) is 12.5. The second-order valence-electron chi connectivity index (χ2n) is 10.0. The van der Waals surface area contributed by atoms with Crippen molar-refractivity contribution in [2.75, 3.05) is 0 Å². The van der Waals surface area contributed by atoms with Crippen LogP contribution < -0.4 is 5.56 Å². The number of hydrogen-bond donors (Lipinski definition) is 0. The molecule has 0 radical (unpaired) electrons. The number of carbonyl (C=O) groups is 1. The number of aromatic nitrogens is 2. The molecule has 0 saturated heterocycles. The zero-order valence-electron chi connectivity index (χ0n) is 21.2. The lowest BCUT2D eigenvalue weighted by Gasteiger charge is -2.32. The molecule has 0 saturated carbocycles. The molecule has 0 fully saturated rings. The minimum absolute atomic E-state index is 0.00451. The molecule has 4 aromatic rings. The standard InChI is InChI=1S/C30H33N3O2/c1-6-26(27-31-25-15-11-10-14-24(25)29(35)32(27)5)33(20-21-12-8-7-9-13-21)28(34)22-16-18-23(19-17-22)30(2,3)4/h7-19,26H,6,20H2,1-5H3. The summed E-state index contributed by atoms with van der Waals surface area (Å²) in [5.74, 6) is 0.510. The largest absolute Gasteiger partial charge is 0.324 e.